The number of nitrogens with one attached hydrogen (secondary N) is 1. The van der Waals surface area contributed by atoms with Crippen LogP contribution in [0.1, 0.15) is 31.7 Å². The molecule has 0 heterocycles. The Balaban J connectivity index is 1.86. The summed E-state index contributed by atoms with van der Waals surface area (Å²) in [6.45, 7) is 3.68. The molecule has 100 valence electrons. The Morgan fingerprint density at radius 1 is 1.33 bits per heavy atom. The van der Waals surface area contributed by atoms with Gasteiger partial charge >= 0.3 is 0 Å². The van der Waals surface area contributed by atoms with Gasteiger partial charge in [-0.05, 0) is 38.5 Å². The number of benzene rings is 1. The first-order chi connectivity index (χ1) is 8.83. The van der Waals surface area contributed by atoms with Crippen LogP contribution in [-0.2, 0) is 6.54 Å². The number of ether oxygens (including phenoxy) is 1. The molecule has 2 atom stereocenters. The lowest BCUT2D eigenvalue weighted by Crippen LogP contribution is -2.26. The predicted molar refractivity (Wildman–Crippen MR) is 79.4 cm³/mol. The van der Waals surface area contributed by atoms with Crippen LogP contribution in [0, 0.1) is 0 Å². The van der Waals surface area contributed by atoms with Crippen LogP contribution in [0.15, 0.2) is 24.3 Å². The summed E-state index contributed by atoms with van der Waals surface area (Å²) in [6.07, 6.45) is 6.18. The van der Waals surface area contributed by atoms with Gasteiger partial charge in [-0.15, -0.1) is 0 Å². The van der Waals surface area contributed by atoms with Crippen LogP contribution in [0.4, 0.5) is 0 Å². The highest BCUT2D eigenvalue weighted by atomic mass is 32.2. The molecule has 0 aliphatic heterocycles. The van der Waals surface area contributed by atoms with Gasteiger partial charge < -0.3 is 10.1 Å². The average molecular weight is 265 g/mol. The van der Waals surface area contributed by atoms with Crippen LogP contribution in [0.25, 0.3) is 0 Å². The van der Waals surface area contributed by atoms with Crippen molar-refractivity contribution in [3.05, 3.63) is 29.8 Å². The maximum absolute atomic E-state index is 5.65. The van der Waals surface area contributed by atoms with Gasteiger partial charge in [-0.2, -0.15) is 11.8 Å². The number of thioether (sulfide) groups is 1. The zero-order chi connectivity index (χ0) is 12.8. The van der Waals surface area contributed by atoms with Gasteiger partial charge in [0.2, 0.25) is 0 Å². The molecule has 1 aliphatic rings. The smallest absolute Gasteiger partial charge is 0.123 e. The van der Waals surface area contributed by atoms with Crippen LogP contribution >= 0.6 is 11.8 Å². The van der Waals surface area contributed by atoms with Gasteiger partial charge in [0.25, 0.3) is 0 Å². The zero-order valence-electron chi connectivity index (χ0n) is 11.3. The van der Waals surface area contributed by atoms with Crippen LogP contribution in [0.3, 0.4) is 0 Å². The van der Waals surface area contributed by atoms with Crippen molar-refractivity contribution in [2.24, 2.45) is 0 Å². The van der Waals surface area contributed by atoms with Gasteiger partial charge in [0, 0.05) is 23.4 Å². The average Bonchev–Trinajstić information content (AvgIpc) is 2.86. The number of rotatable bonds is 6. The van der Waals surface area contributed by atoms with Gasteiger partial charge in [-0.25, -0.2) is 0 Å². The fourth-order valence-electron chi connectivity index (χ4n) is 2.54. The van der Waals surface area contributed by atoms with E-state index < -0.39 is 0 Å². The third-order valence-corrected chi connectivity index (χ3v) is 4.67. The van der Waals surface area contributed by atoms with Crippen molar-refractivity contribution < 1.29 is 4.74 Å². The molecule has 2 rings (SSSR count). The molecule has 1 fully saturated rings. The van der Waals surface area contributed by atoms with Crippen molar-refractivity contribution in [2.45, 2.75) is 44.0 Å². The molecule has 1 aromatic carbocycles. The summed E-state index contributed by atoms with van der Waals surface area (Å²) in [5.74, 6) is 1.02. The molecule has 3 heteroatoms. The van der Waals surface area contributed by atoms with E-state index in [4.69, 9.17) is 4.74 Å². The molecular weight excluding hydrogens is 242 g/mol. The Bertz CT molecular complexity index is 369. The first-order valence-electron chi connectivity index (χ1n) is 6.80. The van der Waals surface area contributed by atoms with Gasteiger partial charge in [-0.1, -0.05) is 18.2 Å². The third kappa shape index (κ3) is 3.66. The summed E-state index contributed by atoms with van der Waals surface area (Å²) in [7, 11) is 0. The fourth-order valence-corrected chi connectivity index (χ4v) is 3.34. The van der Waals surface area contributed by atoms with Crippen LogP contribution in [0.2, 0.25) is 0 Å². The van der Waals surface area contributed by atoms with E-state index in [2.05, 4.69) is 29.8 Å². The van der Waals surface area contributed by atoms with Crippen LogP contribution < -0.4 is 10.1 Å². The molecule has 0 spiro atoms. The van der Waals surface area contributed by atoms with E-state index in [1.54, 1.807) is 0 Å². The molecular formula is C15H23NOS. The maximum atomic E-state index is 5.65. The monoisotopic (exact) mass is 265 g/mol. The molecule has 1 N–H and O–H groups in total. The summed E-state index contributed by atoms with van der Waals surface area (Å²) < 4.78 is 5.65. The third-order valence-electron chi connectivity index (χ3n) is 3.57. The molecule has 0 bridgehead atoms. The summed E-state index contributed by atoms with van der Waals surface area (Å²) in [5, 5.41) is 4.52. The van der Waals surface area contributed by atoms with E-state index in [0.717, 1.165) is 24.2 Å². The van der Waals surface area contributed by atoms with E-state index in [1.165, 1.54) is 24.8 Å². The lowest BCUT2D eigenvalue weighted by atomic mass is 10.1. The van der Waals surface area contributed by atoms with Crippen LogP contribution in [-0.4, -0.2) is 24.2 Å². The van der Waals surface area contributed by atoms with Crippen molar-refractivity contribution in [2.75, 3.05) is 12.9 Å². The Morgan fingerprint density at radius 3 is 2.89 bits per heavy atom. The first-order valence-corrected chi connectivity index (χ1v) is 8.09. The van der Waals surface area contributed by atoms with E-state index in [9.17, 15) is 0 Å². The van der Waals surface area contributed by atoms with Gasteiger partial charge in [-0.3, -0.25) is 0 Å². The van der Waals surface area contributed by atoms with E-state index in [-0.39, 0.29) is 0 Å². The summed E-state index contributed by atoms with van der Waals surface area (Å²) in [6, 6.07) is 9.00. The lowest BCUT2D eigenvalue weighted by Gasteiger charge is -2.15. The number of hydrogen-bond acceptors (Lipinski definition) is 3. The van der Waals surface area contributed by atoms with Crippen molar-refractivity contribution in [1.29, 1.82) is 0 Å². The Labute approximate surface area is 114 Å². The second-order valence-electron chi connectivity index (χ2n) is 4.79. The van der Waals surface area contributed by atoms with E-state index in [1.807, 2.05) is 24.8 Å². The molecule has 1 saturated carbocycles. The Kier molecular flexibility index (Phi) is 5.39. The second kappa shape index (κ2) is 7.05. The van der Waals surface area contributed by atoms with Gasteiger partial charge in [0.1, 0.15) is 5.75 Å². The predicted octanol–water partition coefficient (Wildman–Crippen LogP) is 3.46. The molecule has 0 saturated heterocycles. The molecule has 2 nitrogen and oxygen atoms in total. The van der Waals surface area contributed by atoms with Crippen molar-refractivity contribution in [3.63, 3.8) is 0 Å². The highest BCUT2D eigenvalue weighted by molar-refractivity contribution is 7.99. The summed E-state index contributed by atoms with van der Waals surface area (Å²) in [4.78, 5) is 0. The normalized spacial score (nSPS) is 23.2. The lowest BCUT2D eigenvalue weighted by molar-refractivity contribution is 0.334. The Morgan fingerprint density at radius 2 is 2.17 bits per heavy atom. The van der Waals surface area contributed by atoms with Crippen molar-refractivity contribution >= 4 is 11.8 Å². The Hall–Kier alpha value is -0.670. The van der Waals surface area contributed by atoms with Gasteiger partial charge in [0.15, 0.2) is 0 Å². The minimum absolute atomic E-state index is 0.678. The number of para-hydroxylation sites is 1. The van der Waals surface area contributed by atoms with E-state index >= 15 is 0 Å². The fraction of sp³-hybridized carbons (Fsp3) is 0.600. The highest BCUT2D eigenvalue weighted by Crippen LogP contribution is 2.28. The molecule has 2 unspecified atom stereocenters. The zero-order valence-corrected chi connectivity index (χ0v) is 12.1. The number of hydrogen-bond donors (Lipinski definition) is 1. The van der Waals surface area contributed by atoms with Gasteiger partial charge in [0.05, 0.1) is 6.61 Å². The standard InChI is InChI=1S/C15H23NOS/c1-3-17-15-7-5-4-6-12(15)11-16-13-8-9-14(10-13)18-2/h4-7,13-14,16H,3,8-11H2,1-2H3. The van der Waals surface area contributed by atoms with Crippen molar-refractivity contribution in [1.82, 2.24) is 5.32 Å². The quantitative estimate of drug-likeness (QED) is 0.851. The maximum Gasteiger partial charge on any atom is 0.123 e. The topological polar surface area (TPSA) is 21.3 Å². The molecule has 0 radical (unpaired) electrons. The molecule has 0 aromatic heterocycles. The molecule has 18 heavy (non-hydrogen) atoms. The molecule has 1 aliphatic carbocycles. The summed E-state index contributed by atoms with van der Waals surface area (Å²) in [5.41, 5.74) is 1.27. The largest absolute Gasteiger partial charge is 0.494 e. The SMILES string of the molecule is CCOc1ccccc1CNC1CCC(SC)C1. The molecule has 0 amide bonds. The highest BCUT2D eigenvalue weighted by Gasteiger charge is 2.23. The second-order valence-corrected chi connectivity index (χ2v) is 5.93. The summed E-state index contributed by atoms with van der Waals surface area (Å²) >= 11 is 2.00. The van der Waals surface area contributed by atoms with Crippen LogP contribution in [0.5, 0.6) is 5.75 Å². The minimum Gasteiger partial charge on any atom is -0.494 e. The first kappa shape index (κ1) is 13.8. The van der Waals surface area contributed by atoms with E-state index in [0.29, 0.717) is 6.04 Å². The van der Waals surface area contributed by atoms with Crippen molar-refractivity contribution in [3.8, 4) is 5.75 Å². The minimum atomic E-state index is 0.678. The molecule has 1 aromatic rings.